The van der Waals surface area contributed by atoms with Gasteiger partial charge in [-0.25, -0.2) is 0 Å². The van der Waals surface area contributed by atoms with Crippen LogP contribution >= 0.6 is 23.4 Å². The number of nitrogens with zero attached hydrogens (tertiary/aromatic N) is 1. The minimum atomic E-state index is 0.491. The molecule has 0 aliphatic carbocycles. The molecule has 1 heterocycles. The number of pyridine rings is 1. The summed E-state index contributed by atoms with van der Waals surface area (Å²) in [5.74, 6) is 0.761. The molecule has 0 saturated heterocycles. The van der Waals surface area contributed by atoms with Crippen LogP contribution in [0, 0.1) is 0 Å². The first kappa shape index (κ1) is 23.1. The molecule has 0 unspecified atom stereocenters. The van der Waals surface area contributed by atoms with Gasteiger partial charge in [0.2, 0.25) is 0 Å². The fourth-order valence-electron chi connectivity index (χ4n) is 3.80. The number of aromatic nitrogens is 1. The zero-order valence-corrected chi connectivity index (χ0v) is 20.5. The zero-order valence-electron chi connectivity index (χ0n) is 18.9. The first-order valence-electron chi connectivity index (χ1n) is 11.3. The number of para-hydroxylation sites is 1. The number of nitrogens with two attached hydrogens (primary N) is 1. The summed E-state index contributed by atoms with van der Waals surface area (Å²) in [5.41, 5.74) is 11.1. The van der Waals surface area contributed by atoms with Gasteiger partial charge in [0.25, 0.3) is 0 Å². The molecule has 4 aromatic carbocycles. The molecule has 0 aliphatic rings. The Morgan fingerprint density at radius 1 is 0.829 bits per heavy atom. The van der Waals surface area contributed by atoms with Crippen molar-refractivity contribution in [1.29, 1.82) is 0 Å². The van der Waals surface area contributed by atoms with E-state index in [-0.39, 0.29) is 0 Å². The van der Waals surface area contributed by atoms with E-state index in [9.17, 15) is 0 Å². The molecule has 35 heavy (non-hydrogen) atoms. The van der Waals surface area contributed by atoms with E-state index in [1.54, 1.807) is 18.0 Å². The number of rotatable bonds is 8. The lowest BCUT2D eigenvalue weighted by molar-refractivity contribution is 0.309. The summed E-state index contributed by atoms with van der Waals surface area (Å²) >= 11 is 7.92. The van der Waals surface area contributed by atoms with Gasteiger partial charge in [0, 0.05) is 32.9 Å². The van der Waals surface area contributed by atoms with Gasteiger partial charge >= 0.3 is 0 Å². The highest BCUT2D eigenvalue weighted by atomic mass is 35.5. The second-order valence-electron chi connectivity index (χ2n) is 8.00. The van der Waals surface area contributed by atoms with E-state index in [0.29, 0.717) is 18.8 Å². The van der Waals surface area contributed by atoms with Crippen molar-refractivity contribution in [3.05, 3.63) is 119 Å². The van der Waals surface area contributed by atoms with Crippen molar-refractivity contribution in [2.24, 2.45) is 0 Å². The molecule has 3 N–H and O–H groups in total. The number of fused-ring (bicyclic) bond motifs is 1. The summed E-state index contributed by atoms with van der Waals surface area (Å²) in [6.07, 6.45) is 1.79. The Hall–Kier alpha value is -3.67. The van der Waals surface area contributed by atoms with E-state index < -0.39 is 0 Å². The number of hydrogen-bond acceptors (Lipinski definition) is 5. The quantitative estimate of drug-likeness (QED) is 0.214. The van der Waals surface area contributed by atoms with Crippen molar-refractivity contribution >= 4 is 45.6 Å². The Morgan fingerprint density at radius 2 is 1.66 bits per heavy atom. The molecule has 0 aliphatic heterocycles. The predicted octanol–water partition coefficient (Wildman–Crippen LogP) is 7.81. The van der Waals surface area contributed by atoms with Crippen LogP contribution in [0.15, 0.2) is 113 Å². The van der Waals surface area contributed by atoms with Gasteiger partial charge in [-0.05, 0) is 53.6 Å². The van der Waals surface area contributed by atoms with Crippen molar-refractivity contribution in [2.75, 3.05) is 11.1 Å². The minimum Gasteiger partial charge on any atom is -0.487 e. The lowest BCUT2D eigenvalue weighted by Crippen LogP contribution is -2.03. The zero-order chi connectivity index (χ0) is 24.0. The molecule has 0 spiro atoms. The fraction of sp³-hybridized carbons (Fsp3) is 0.0690. The van der Waals surface area contributed by atoms with E-state index in [2.05, 4.69) is 34.6 Å². The molecule has 5 rings (SSSR count). The van der Waals surface area contributed by atoms with Crippen molar-refractivity contribution in [3.63, 3.8) is 0 Å². The average molecular weight is 498 g/mol. The lowest BCUT2D eigenvalue weighted by atomic mass is 10.2. The van der Waals surface area contributed by atoms with Crippen molar-refractivity contribution < 1.29 is 4.74 Å². The summed E-state index contributed by atoms with van der Waals surface area (Å²) < 4.78 is 6.12. The van der Waals surface area contributed by atoms with Gasteiger partial charge in [-0.2, -0.15) is 0 Å². The molecule has 0 amide bonds. The Kier molecular flexibility index (Phi) is 7.07. The SMILES string of the molecule is Nc1c(NCc2ccccc2Cl)cccc1Sc1ccc(OCc2ccccc2)c2ncccc12. The molecule has 0 atom stereocenters. The number of anilines is 2. The van der Waals surface area contributed by atoms with Gasteiger partial charge in [-0.3, -0.25) is 4.98 Å². The van der Waals surface area contributed by atoms with E-state index in [0.717, 1.165) is 48.3 Å². The van der Waals surface area contributed by atoms with Crippen LogP contribution in [-0.2, 0) is 13.2 Å². The number of nitrogens with one attached hydrogen (secondary N) is 1. The Labute approximate surface area is 214 Å². The Balaban J connectivity index is 1.38. The average Bonchev–Trinajstić information content (AvgIpc) is 2.90. The van der Waals surface area contributed by atoms with E-state index >= 15 is 0 Å². The maximum atomic E-state index is 6.56. The third-order valence-corrected chi connectivity index (χ3v) is 7.16. The van der Waals surface area contributed by atoms with Crippen LogP contribution in [0.25, 0.3) is 10.9 Å². The number of halogens is 1. The Bertz CT molecular complexity index is 1460. The number of ether oxygens (including phenoxy) is 1. The molecule has 1 aromatic heterocycles. The van der Waals surface area contributed by atoms with Crippen molar-refractivity contribution in [3.8, 4) is 5.75 Å². The predicted molar refractivity (Wildman–Crippen MR) is 146 cm³/mol. The summed E-state index contributed by atoms with van der Waals surface area (Å²) in [5, 5.41) is 5.18. The molecule has 0 bridgehead atoms. The summed E-state index contributed by atoms with van der Waals surface area (Å²) in [6.45, 7) is 1.09. The maximum absolute atomic E-state index is 6.56. The lowest BCUT2D eigenvalue weighted by Gasteiger charge is -2.15. The number of nitrogen functional groups attached to an aromatic ring is 1. The highest BCUT2D eigenvalue weighted by molar-refractivity contribution is 7.99. The van der Waals surface area contributed by atoms with Crippen LogP contribution in [0.5, 0.6) is 5.75 Å². The molecular formula is C29H24ClN3OS. The Morgan fingerprint density at radius 3 is 2.51 bits per heavy atom. The molecule has 6 heteroatoms. The largest absolute Gasteiger partial charge is 0.487 e. The van der Waals surface area contributed by atoms with Crippen molar-refractivity contribution in [2.45, 2.75) is 22.9 Å². The third-order valence-electron chi connectivity index (χ3n) is 5.64. The summed E-state index contributed by atoms with van der Waals surface area (Å²) in [6, 6.07) is 32.0. The van der Waals surface area contributed by atoms with Crippen LogP contribution in [0.3, 0.4) is 0 Å². The molecule has 174 valence electrons. The molecule has 4 nitrogen and oxygen atoms in total. The van der Waals surface area contributed by atoms with Crippen LogP contribution < -0.4 is 15.8 Å². The standard InChI is InChI=1S/C29H24ClN3OS/c30-23-12-5-4-10-21(23)18-33-24-13-6-14-27(28(24)31)35-26-16-15-25(29-22(26)11-7-17-32-29)34-19-20-8-2-1-3-9-20/h1-17,33H,18-19,31H2. The van der Waals surface area contributed by atoms with Crippen LogP contribution in [-0.4, -0.2) is 4.98 Å². The van der Waals surface area contributed by atoms with Gasteiger partial charge in [0.15, 0.2) is 0 Å². The normalized spacial score (nSPS) is 10.9. The minimum absolute atomic E-state index is 0.491. The van der Waals surface area contributed by atoms with E-state index in [1.165, 1.54) is 0 Å². The second kappa shape index (κ2) is 10.7. The molecule has 5 aromatic rings. The topological polar surface area (TPSA) is 60.2 Å². The number of hydrogen-bond donors (Lipinski definition) is 2. The first-order valence-corrected chi connectivity index (χ1v) is 12.5. The molecule has 0 fully saturated rings. The highest BCUT2D eigenvalue weighted by Crippen LogP contribution is 2.40. The molecule has 0 saturated carbocycles. The van der Waals surface area contributed by atoms with Gasteiger partial charge < -0.3 is 15.8 Å². The van der Waals surface area contributed by atoms with Gasteiger partial charge in [0.1, 0.15) is 17.9 Å². The summed E-state index contributed by atoms with van der Waals surface area (Å²) in [7, 11) is 0. The summed E-state index contributed by atoms with van der Waals surface area (Å²) in [4.78, 5) is 6.65. The molecule has 0 radical (unpaired) electrons. The van der Waals surface area contributed by atoms with Crippen molar-refractivity contribution in [1.82, 2.24) is 4.98 Å². The second-order valence-corrected chi connectivity index (χ2v) is 9.49. The van der Waals surface area contributed by atoms with Gasteiger partial charge in [-0.15, -0.1) is 0 Å². The maximum Gasteiger partial charge on any atom is 0.146 e. The monoisotopic (exact) mass is 497 g/mol. The fourth-order valence-corrected chi connectivity index (χ4v) is 5.02. The third kappa shape index (κ3) is 5.37. The van der Waals surface area contributed by atoms with E-state index in [4.69, 9.17) is 22.1 Å². The van der Waals surface area contributed by atoms with Crippen LogP contribution in [0.4, 0.5) is 11.4 Å². The first-order chi connectivity index (χ1) is 17.2. The molecular weight excluding hydrogens is 474 g/mol. The van der Waals surface area contributed by atoms with Gasteiger partial charge in [-0.1, -0.05) is 78.0 Å². The number of benzene rings is 4. The van der Waals surface area contributed by atoms with Crippen LogP contribution in [0.2, 0.25) is 5.02 Å². The smallest absolute Gasteiger partial charge is 0.146 e. The van der Waals surface area contributed by atoms with Gasteiger partial charge in [0.05, 0.1) is 11.4 Å². The van der Waals surface area contributed by atoms with E-state index in [1.807, 2.05) is 72.8 Å². The van der Waals surface area contributed by atoms with Crippen LogP contribution in [0.1, 0.15) is 11.1 Å². The highest BCUT2D eigenvalue weighted by Gasteiger charge is 2.13.